The zero-order valence-corrected chi connectivity index (χ0v) is 41.1. The average molecular weight is 939 g/mol. The maximum absolute atomic E-state index is 14.1. The monoisotopic (exact) mass is 939 g/mol. The lowest BCUT2D eigenvalue weighted by atomic mass is 9.43. The number of hydrogen-bond donors (Lipinski definition) is 5. The Bertz CT molecular complexity index is 2130. The van der Waals surface area contributed by atoms with E-state index in [0.29, 0.717) is 62.6 Å². The number of amides is 5. The zero-order valence-electron chi connectivity index (χ0n) is 41.1. The summed E-state index contributed by atoms with van der Waals surface area (Å²) >= 11 is 0. The van der Waals surface area contributed by atoms with Crippen LogP contribution in [0.3, 0.4) is 0 Å². The molecule has 0 radical (unpaired) electrons. The molecule has 2 aromatic rings. The molecule has 3 aliphatic carbocycles. The van der Waals surface area contributed by atoms with Crippen LogP contribution < -0.4 is 27.4 Å². The van der Waals surface area contributed by atoms with Crippen molar-refractivity contribution in [2.45, 2.75) is 167 Å². The molecular formula is C52H75BN6O9. The lowest BCUT2D eigenvalue weighted by Gasteiger charge is -2.64. The number of nitrogens with two attached hydrogens (primary N) is 2. The largest absolute Gasteiger partial charge is 0.461 e. The molecule has 3 saturated carbocycles. The minimum Gasteiger partial charge on any atom is -0.405 e. The van der Waals surface area contributed by atoms with Crippen LogP contribution in [0, 0.1) is 23.2 Å². The number of carbonyl (C=O) groups is 7. The Hall–Kier alpha value is -4.93. The molecule has 2 heterocycles. The molecule has 7 rings (SSSR count). The smallest absolute Gasteiger partial charge is 0.405 e. The second kappa shape index (κ2) is 23.1. The van der Waals surface area contributed by atoms with E-state index in [4.69, 9.17) is 20.8 Å². The maximum Gasteiger partial charge on any atom is 0.461 e. The molecule has 370 valence electrons. The molecule has 2 bridgehead atoms. The Morgan fingerprint density at radius 2 is 1.56 bits per heavy atom. The molecule has 5 fully saturated rings. The Kier molecular flexibility index (Phi) is 17.8. The van der Waals surface area contributed by atoms with Gasteiger partial charge >= 0.3 is 7.12 Å². The third-order valence-corrected chi connectivity index (χ3v) is 15.4. The number of benzene rings is 2. The zero-order chi connectivity index (χ0) is 49.3. The van der Waals surface area contributed by atoms with Crippen molar-refractivity contribution in [2.75, 3.05) is 19.6 Å². The van der Waals surface area contributed by atoms with Gasteiger partial charge in [0, 0.05) is 43.8 Å². The molecule has 5 amide bonds. The number of nitrogens with one attached hydrogen (secondary N) is 3. The molecule has 16 heteroatoms. The van der Waals surface area contributed by atoms with E-state index >= 15 is 0 Å². The van der Waals surface area contributed by atoms with Gasteiger partial charge in [0.05, 0.1) is 30.2 Å². The standard InChI is InChI=1S/C52H75BN6O9/c1-7-8-12-34-15-17-35(18-16-34)36-19-21-37(22-20-36)49(65)56-25-23-47(63)57-39(13-9-10-24-54)50(66)59-26-11-14-41(59)43(61)27-32(2)48(64)58-40(31-46(55)62)42(60)28-33(3)53-67-45-30-38-29-44(51(38,4)5)52(45,6)68-53/h15-22,32-33,38-41,44-45H,7-14,23-31,54H2,1-6H3,(H2,55,62)(H,56,65)(H,57,63)(H,58,64)/t32-,33-,38+,39+,40+,41+,44+,45?,52+/m1/s1. The highest BCUT2D eigenvalue weighted by Crippen LogP contribution is 2.66. The van der Waals surface area contributed by atoms with E-state index in [1.807, 2.05) is 19.1 Å². The topological polar surface area (TPSA) is 229 Å². The number of Topliss-reactive ketones (excluding diaryl/α,β-unsaturated/α-hetero) is 2. The van der Waals surface area contributed by atoms with Gasteiger partial charge in [-0.1, -0.05) is 77.4 Å². The molecule has 15 nitrogen and oxygen atoms in total. The van der Waals surface area contributed by atoms with Crippen LogP contribution in [0.4, 0.5) is 0 Å². The lowest BCUT2D eigenvalue weighted by molar-refractivity contribution is -0.199. The van der Waals surface area contributed by atoms with Gasteiger partial charge in [-0.25, -0.2) is 0 Å². The number of hydrogen-bond acceptors (Lipinski definition) is 10. The molecule has 2 saturated heterocycles. The highest BCUT2D eigenvalue weighted by molar-refractivity contribution is 6.47. The lowest BCUT2D eigenvalue weighted by Crippen LogP contribution is -2.65. The van der Waals surface area contributed by atoms with Crippen molar-refractivity contribution in [3.63, 3.8) is 0 Å². The first-order chi connectivity index (χ1) is 32.4. The molecular weight excluding hydrogens is 863 g/mol. The first kappa shape index (κ1) is 52.4. The highest BCUT2D eigenvalue weighted by Gasteiger charge is 2.68. The van der Waals surface area contributed by atoms with E-state index in [9.17, 15) is 33.6 Å². The number of rotatable bonds is 25. The van der Waals surface area contributed by atoms with E-state index in [0.717, 1.165) is 43.2 Å². The molecule has 2 aromatic carbocycles. The van der Waals surface area contributed by atoms with Crippen LogP contribution in [0.2, 0.25) is 5.82 Å². The van der Waals surface area contributed by atoms with Crippen molar-refractivity contribution in [3.05, 3.63) is 59.7 Å². The van der Waals surface area contributed by atoms with Gasteiger partial charge in [-0.05, 0) is 123 Å². The normalized spacial score (nSPS) is 24.2. The van der Waals surface area contributed by atoms with Crippen LogP contribution in [0.15, 0.2) is 48.5 Å². The minimum absolute atomic E-state index is 0.0167. The predicted octanol–water partition coefficient (Wildman–Crippen LogP) is 5.45. The Morgan fingerprint density at radius 3 is 2.21 bits per heavy atom. The van der Waals surface area contributed by atoms with E-state index < -0.39 is 66.8 Å². The molecule has 9 atom stereocenters. The number of aryl methyl sites for hydroxylation is 1. The third-order valence-electron chi connectivity index (χ3n) is 15.4. The first-order valence-electron chi connectivity index (χ1n) is 25.1. The van der Waals surface area contributed by atoms with Crippen molar-refractivity contribution in [1.82, 2.24) is 20.9 Å². The van der Waals surface area contributed by atoms with Crippen LogP contribution in [0.25, 0.3) is 11.1 Å². The SMILES string of the molecule is CCCCc1ccc(-c2ccc(C(=O)NCCC(=O)N[C@@H](CCCCN)C(=O)N3CCC[C@H]3C(=O)C[C@@H](C)C(=O)N[C@@H](CC(N)=O)C(=O)C[C@@H](C)B3OC4C[C@@H]5C[C@@H](C5(C)C)[C@]4(C)O3)cc2)cc1. The van der Waals surface area contributed by atoms with Gasteiger partial charge in [0.15, 0.2) is 11.6 Å². The maximum atomic E-state index is 14.1. The van der Waals surface area contributed by atoms with Gasteiger partial charge in [-0.2, -0.15) is 0 Å². The summed E-state index contributed by atoms with van der Waals surface area (Å²) in [5.74, 6) is -3.51. The van der Waals surface area contributed by atoms with E-state index in [2.05, 4.69) is 67.9 Å². The van der Waals surface area contributed by atoms with E-state index in [1.165, 1.54) is 10.5 Å². The summed E-state index contributed by atoms with van der Waals surface area (Å²) in [7, 11) is -0.608. The van der Waals surface area contributed by atoms with Crippen LogP contribution >= 0.6 is 0 Å². The Morgan fingerprint density at radius 1 is 0.868 bits per heavy atom. The molecule has 5 aliphatic rings. The summed E-state index contributed by atoms with van der Waals surface area (Å²) in [6, 6.07) is 12.8. The van der Waals surface area contributed by atoms with Crippen molar-refractivity contribution in [3.8, 4) is 11.1 Å². The summed E-state index contributed by atoms with van der Waals surface area (Å²) in [5.41, 5.74) is 14.8. The van der Waals surface area contributed by atoms with E-state index in [-0.39, 0.29) is 60.6 Å². The predicted molar refractivity (Wildman–Crippen MR) is 261 cm³/mol. The summed E-state index contributed by atoms with van der Waals surface area (Å²) in [5, 5.41) is 8.32. The highest BCUT2D eigenvalue weighted by atomic mass is 16.7. The van der Waals surface area contributed by atoms with Gasteiger partial charge in [-0.3, -0.25) is 33.6 Å². The quantitative estimate of drug-likeness (QED) is 0.0624. The van der Waals surface area contributed by atoms with Gasteiger partial charge in [0.1, 0.15) is 6.04 Å². The number of carbonyl (C=O) groups excluding carboxylic acids is 7. The fraction of sp³-hybridized carbons (Fsp3) is 0.635. The minimum atomic E-state index is -1.20. The second-order valence-corrected chi connectivity index (χ2v) is 20.8. The number of likely N-dealkylation sites (tertiary alicyclic amines) is 1. The Balaban J connectivity index is 0.978. The van der Waals surface area contributed by atoms with Crippen molar-refractivity contribution in [1.29, 1.82) is 0 Å². The van der Waals surface area contributed by atoms with Crippen LogP contribution in [-0.2, 0) is 44.5 Å². The fourth-order valence-corrected chi connectivity index (χ4v) is 11.0. The van der Waals surface area contributed by atoms with Crippen LogP contribution in [0.1, 0.15) is 141 Å². The molecule has 7 N–H and O–H groups in total. The fourth-order valence-electron chi connectivity index (χ4n) is 11.0. The molecule has 68 heavy (non-hydrogen) atoms. The Labute approximate surface area is 402 Å². The summed E-state index contributed by atoms with van der Waals surface area (Å²) < 4.78 is 12.9. The van der Waals surface area contributed by atoms with Gasteiger partial charge in [-0.15, -0.1) is 0 Å². The number of nitrogens with zero attached hydrogens (tertiary/aromatic N) is 1. The average Bonchev–Trinajstić information content (AvgIpc) is 3.95. The van der Waals surface area contributed by atoms with Crippen molar-refractivity contribution >= 4 is 48.2 Å². The molecule has 0 aromatic heterocycles. The van der Waals surface area contributed by atoms with Crippen molar-refractivity contribution in [2.24, 2.45) is 34.6 Å². The first-order valence-corrected chi connectivity index (χ1v) is 25.1. The number of primary amides is 1. The van der Waals surface area contributed by atoms with Crippen molar-refractivity contribution < 1.29 is 42.9 Å². The second-order valence-electron chi connectivity index (χ2n) is 20.8. The summed E-state index contributed by atoms with van der Waals surface area (Å²) in [6.07, 6.45) is 7.04. The van der Waals surface area contributed by atoms with Crippen LogP contribution in [-0.4, -0.2) is 103 Å². The number of ketones is 2. The summed E-state index contributed by atoms with van der Waals surface area (Å²) in [6.45, 7) is 13.0. The summed E-state index contributed by atoms with van der Waals surface area (Å²) in [4.78, 5) is 95.0. The molecule has 0 spiro atoms. The van der Waals surface area contributed by atoms with Gasteiger partial charge < -0.3 is 41.6 Å². The van der Waals surface area contributed by atoms with Gasteiger partial charge in [0.2, 0.25) is 23.6 Å². The van der Waals surface area contributed by atoms with Crippen LogP contribution in [0.5, 0.6) is 0 Å². The van der Waals surface area contributed by atoms with Gasteiger partial charge in [0.25, 0.3) is 5.91 Å². The van der Waals surface area contributed by atoms with E-state index in [1.54, 1.807) is 19.1 Å². The molecule has 1 unspecified atom stereocenters. The third kappa shape index (κ3) is 12.4. The molecule has 2 aliphatic heterocycles. The number of unbranched alkanes of at least 4 members (excludes halogenated alkanes) is 2.